The fraction of sp³-hybridized carbons (Fsp3) is 0.222. The van der Waals surface area contributed by atoms with Crippen molar-refractivity contribution in [2.75, 3.05) is 4.90 Å². The minimum absolute atomic E-state index is 0.0127. The van der Waals surface area contributed by atoms with Gasteiger partial charge in [0, 0.05) is 6.04 Å². The first-order valence-electron chi connectivity index (χ1n) is 7.39. The molecule has 1 N–H and O–H groups in total. The third kappa shape index (κ3) is 2.78. The molecule has 2 amide bonds. The monoisotopic (exact) mass is 294 g/mol. The van der Waals surface area contributed by atoms with E-state index in [9.17, 15) is 9.59 Å². The van der Waals surface area contributed by atoms with Gasteiger partial charge in [-0.3, -0.25) is 14.9 Å². The Morgan fingerprint density at radius 2 is 1.59 bits per heavy atom. The van der Waals surface area contributed by atoms with Crippen LogP contribution < -0.4 is 10.2 Å². The van der Waals surface area contributed by atoms with Gasteiger partial charge in [0.15, 0.2) is 0 Å². The van der Waals surface area contributed by atoms with E-state index in [1.165, 1.54) is 4.90 Å². The number of amides is 2. The van der Waals surface area contributed by atoms with Crippen LogP contribution in [0, 0.1) is 0 Å². The largest absolute Gasteiger partial charge is 0.299 e. The Morgan fingerprint density at radius 3 is 2.23 bits per heavy atom. The number of carbonyl (C=O) groups excluding carboxylic acids is 2. The average molecular weight is 294 g/mol. The van der Waals surface area contributed by atoms with Gasteiger partial charge in [-0.05, 0) is 24.6 Å². The van der Waals surface area contributed by atoms with E-state index < -0.39 is 6.04 Å². The smallest absolute Gasteiger partial charge is 0.251 e. The van der Waals surface area contributed by atoms with Gasteiger partial charge in [0.2, 0.25) is 5.91 Å². The number of carbonyl (C=O) groups is 2. The molecule has 0 aliphatic carbocycles. The number of hydrogen-bond acceptors (Lipinski definition) is 3. The molecule has 2 aromatic rings. The zero-order valence-electron chi connectivity index (χ0n) is 12.4. The molecule has 0 radical (unpaired) electrons. The Morgan fingerprint density at radius 1 is 1.00 bits per heavy atom. The van der Waals surface area contributed by atoms with Crippen LogP contribution in [0.4, 0.5) is 5.69 Å². The lowest BCUT2D eigenvalue weighted by Crippen LogP contribution is -2.39. The second kappa shape index (κ2) is 6.12. The number of hydrogen-bond donors (Lipinski definition) is 1. The highest BCUT2D eigenvalue weighted by Gasteiger charge is 2.39. The fourth-order valence-corrected chi connectivity index (χ4v) is 2.75. The van der Waals surface area contributed by atoms with Gasteiger partial charge in [0.05, 0.1) is 18.2 Å². The van der Waals surface area contributed by atoms with Crippen LogP contribution in [0.5, 0.6) is 0 Å². The SMILES string of the molecule is C[C@H](N[C@H]1CC(=O)N(c2ccccc2)C1=O)c1ccccc1. The molecule has 0 saturated carbocycles. The van der Waals surface area contributed by atoms with Crippen LogP contribution in [0.1, 0.15) is 24.9 Å². The number of anilines is 1. The highest BCUT2D eigenvalue weighted by molar-refractivity contribution is 6.22. The molecule has 1 saturated heterocycles. The van der Waals surface area contributed by atoms with Gasteiger partial charge in [-0.1, -0.05) is 48.5 Å². The van der Waals surface area contributed by atoms with Crippen molar-refractivity contribution in [3.8, 4) is 0 Å². The Hall–Kier alpha value is -2.46. The summed E-state index contributed by atoms with van der Waals surface area (Å²) >= 11 is 0. The molecule has 1 heterocycles. The second-order valence-corrected chi connectivity index (χ2v) is 5.46. The molecule has 4 nitrogen and oxygen atoms in total. The lowest BCUT2D eigenvalue weighted by Gasteiger charge is -2.19. The van der Waals surface area contributed by atoms with Crippen molar-refractivity contribution in [3.63, 3.8) is 0 Å². The highest BCUT2D eigenvalue weighted by atomic mass is 16.2. The van der Waals surface area contributed by atoms with Gasteiger partial charge in [-0.25, -0.2) is 4.90 Å². The summed E-state index contributed by atoms with van der Waals surface area (Å²) < 4.78 is 0. The Kier molecular flexibility index (Phi) is 4.02. The third-order valence-electron chi connectivity index (χ3n) is 3.91. The van der Waals surface area contributed by atoms with Gasteiger partial charge < -0.3 is 0 Å². The first-order chi connectivity index (χ1) is 10.7. The lowest BCUT2D eigenvalue weighted by atomic mass is 10.1. The Balaban J connectivity index is 1.74. The summed E-state index contributed by atoms with van der Waals surface area (Å²) in [6.07, 6.45) is 0.199. The Labute approximate surface area is 129 Å². The number of rotatable bonds is 4. The molecule has 1 aliphatic heterocycles. The number of nitrogens with one attached hydrogen (secondary N) is 1. The maximum atomic E-state index is 12.5. The third-order valence-corrected chi connectivity index (χ3v) is 3.91. The van der Waals surface area contributed by atoms with Crippen LogP contribution in [0.25, 0.3) is 0 Å². The van der Waals surface area contributed by atoms with Crippen molar-refractivity contribution in [3.05, 3.63) is 66.2 Å². The van der Waals surface area contributed by atoms with E-state index >= 15 is 0 Å². The van der Waals surface area contributed by atoms with Crippen LogP contribution >= 0.6 is 0 Å². The molecule has 0 unspecified atom stereocenters. The molecule has 1 aliphatic rings. The predicted octanol–water partition coefficient (Wildman–Crippen LogP) is 2.67. The van der Waals surface area contributed by atoms with Crippen molar-refractivity contribution in [1.29, 1.82) is 0 Å². The van der Waals surface area contributed by atoms with Gasteiger partial charge >= 0.3 is 0 Å². The maximum Gasteiger partial charge on any atom is 0.251 e. The van der Waals surface area contributed by atoms with Gasteiger partial charge in [0.25, 0.3) is 5.91 Å². The van der Waals surface area contributed by atoms with E-state index in [0.717, 1.165) is 5.56 Å². The normalized spacial score (nSPS) is 19.5. The van der Waals surface area contributed by atoms with E-state index in [1.54, 1.807) is 12.1 Å². The zero-order valence-corrected chi connectivity index (χ0v) is 12.4. The van der Waals surface area contributed by atoms with Crippen LogP contribution in [0.2, 0.25) is 0 Å². The highest BCUT2D eigenvalue weighted by Crippen LogP contribution is 2.24. The summed E-state index contributed by atoms with van der Waals surface area (Å²) in [7, 11) is 0. The average Bonchev–Trinajstić information content (AvgIpc) is 2.83. The molecule has 2 atom stereocenters. The summed E-state index contributed by atoms with van der Waals surface area (Å²) in [4.78, 5) is 26.0. The summed E-state index contributed by atoms with van der Waals surface area (Å²) in [6.45, 7) is 2.00. The van der Waals surface area contributed by atoms with E-state index in [1.807, 2.05) is 55.5 Å². The summed E-state index contributed by atoms with van der Waals surface area (Å²) in [5.41, 5.74) is 1.73. The zero-order chi connectivity index (χ0) is 15.5. The number of benzene rings is 2. The quantitative estimate of drug-likeness (QED) is 0.882. The van der Waals surface area contributed by atoms with Crippen LogP contribution in [-0.4, -0.2) is 17.9 Å². The van der Waals surface area contributed by atoms with Crippen molar-refractivity contribution in [2.24, 2.45) is 0 Å². The molecule has 0 aromatic heterocycles. The second-order valence-electron chi connectivity index (χ2n) is 5.46. The standard InChI is InChI=1S/C18H18N2O2/c1-13(14-8-4-2-5-9-14)19-16-12-17(21)20(18(16)22)15-10-6-3-7-11-15/h2-11,13,16,19H,12H2,1H3/t13-,16-/m0/s1. The minimum atomic E-state index is -0.470. The van der Waals surface area contributed by atoms with Crippen LogP contribution in [0.3, 0.4) is 0 Å². The van der Waals surface area contributed by atoms with E-state index in [0.29, 0.717) is 5.69 Å². The molecule has 4 heteroatoms. The maximum absolute atomic E-state index is 12.5. The molecule has 112 valence electrons. The van der Waals surface area contributed by atoms with Gasteiger partial charge in [-0.15, -0.1) is 0 Å². The van der Waals surface area contributed by atoms with E-state index in [2.05, 4.69) is 5.32 Å². The number of para-hydroxylation sites is 1. The first-order valence-corrected chi connectivity index (χ1v) is 7.39. The van der Waals surface area contributed by atoms with Gasteiger partial charge in [-0.2, -0.15) is 0 Å². The number of imide groups is 1. The first kappa shape index (κ1) is 14.5. The summed E-state index contributed by atoms with van der Waals surface area (Å²) in [5, 5.41) is 3.26. The molecular weight excluding hydrogens is 276 g/mol. The fourth-order valence-electron chi connectivity index (χ4n) is 2.75. The summed E-state index contributed by atoms with van der Waals surface area (Å²) in [5.74, 6) is -0.340. The summed E-state index contributed by atoms with van der Waals surface area (Å²) in [6, 6.07) is 18.5. The van der Waals surface area contributed by atoms with E-state index in [4.69, 9.17) is 0 Å². The van der Waals surface area contributed by atoms with Crippen LogP contribution in [0.15, 0.2) is 60.7 Å². The molecule has 3 rings (SSSR count). The van der Waals surface area contributed by atoms with Crippen LogP contribution in [-0.2, 0) is 9.59 Å². The molecular formula is C18H18N2O2. The Bertz CT molecular complexity index is 670. The molecule has 22 heavy (non-hydrogen) atoms. The van der Waals surface area contributed by atoms with Crippen molar-refractivity contribution in [2.45, 2.75) is 25.4 Å². The predicted molar refractivity (Wildman–Crippen MR) is 85.3 cm³/mol. The van der Waals surface area contributed by atoms with Gasteiger partial charge in [0.1, 0.15) is 0 Å². The minimum Gasteiger partial charge on any atom is -0.299 e. The molecule has 0 spiro atoms. The van der Waals surface area contributed by atoms with Crippen molar-refractivity contribution < 1.29 is 9.59 Å². The van der Waals surface area contributed by atoms with E-state index in [-0.39, 0.29) is 24.3 Å². The van der Waals surface area contributed by atoms with Crippen molar-refractivity contribution in [1.82, 2.24) is 5.32 Å². The topological polar surface area (TPSA) is 49.4 Å². The molecule has 0 bridgehead atoms. The molecule has 2 aromatic carbocycles. The van der Waals surface area contributed by atoms with Crippen molar-refractivity contribution >= 4 is 17.5 Å². The number of nitrogens with zero attached hydrogens (tertiary/aromatic N) is 1. The molecule has 1 fully saturated rings. The lowest BCUT2D eigenvalue weighted by molar-refractivity contribution is -0.121.